The third-order valence-corrected chi connectivity index (χ3v) is 3.82. The van der Waals surface area contributed by atoms with Gasteiger partial charge in [0.2, 0.25) is 10.0 Å². The number of carbonyl (C=O) groups is 1. The highest BCUT2D eigenvalue weighted by atomic mass is 32.2. The van der Waals surface area contributed by atoms with Crippen LogP contribution in [0, 0.1) is 11.8 Å². The lowest BCUT2D eigenvalue weighted by Gasteiger charge is -2.20. The Labute approximate surface area is 119 Å². The fourth-order valence-corrected chi connectivity index (χ4v) is 2.68. The Bertz CT molecular complexity index is 531. The summed E-state index contributed by atoms with van der Waals surface area (Å²) in [5, 5.41) is 5.00. The monoisotopic (exact) mass is 300 g/mol. The topological polar surface area (TPSA) is 112 Å². The van der Waals surface area contributed by atoms with Gasteiger partial charge in [-0.3, -0.25) is 4.79 Å². The van der Waals surface area contributed by atoms with Crippen molar-refractivity contribution in [2.75, 3.05) is 12.3 Å². The summed E-state index contributed by atoms with van der Waals surface area (Å²) in [5.41, 5.74) is 6.32. The molecule has 0 saturated carbocycles. The second kappa shape index (κ2) is 7.37. The fraction of sp³-hybridized carbons (Fsp3) is 0.462. The summed E-state index contributed by atoms with van der Waals surface area (Å²) in [7, 11) is -3.76. The number of benzene rings is 1. The Balaban J connectivity index is 2.68. The van der Waals surface area contributed by atoms with Gasteiger partial charge in [-0.05, 0) is 18.0 Å². The minimum Gasteiger partial charge on any atom is -0.461 e. The van der Waals surface area contributed by atoms with Crippen LogP contribution in [-0.4, -0.2) is 26.7 Å². The Morgan fingerprint density at radius 2 is 1.90 bits per heavy atom. The van der Waals surface area contributed by atoms with E-state index < -0.39 is 27.7 Å². The molecule has 0 bridgehead atoms. The molecule has 0 aliphatic rings. The molecule has 0 amide bonds. The molecule has 1 aromatic rings. The molecule has 0 spiro atoms. The number of hydrogen-bond acceptors (Lipinski definition) is 5. The van der Waals surface area contributed by atoms with Crippen LogP contribution in [-0.2, 0) is 26.2 Å². The number of esters is 1. The van der Waals surface area contributed by atoms with E-state index in [1.807, 2.05) is 30.3 Å². The first-order valence-corrected chi connectivity index (χ1v) is 7.96. The summed E-state index contributed by atoms with van der Waals surface area (Å²) >= 11 is 0. The van der Waals surface area contributed by atoms with Gasteiger partial charge in [-0.2, -0.15) is 0 Å². The van der Waals surface area contributed by atoms with Gasteiger partial charge in [0.05, 0.1) is 11.7 Å². The van der Waals surface area contributed by atoms with Crippen LogP contribution in [0.5, 0.6) is 0 Å². The summed E-state index contributed by atoms with van der Waals surface area (Å²) in [6, 6.07) is 9.13. The van der Waals surface area contributed by atoms with Crippen molar-refractivity contribution < 1.29 is 17.9 Å². The molecule has 20 heavy (non-hydrogen) atoms. The zero-order valence-electron chi connectivity index (χ0n) is 11.4. The predicted octanol–water partition coefficient (Wildman–Crippen LogP) is 0.229. The lowest BCUT2D eigenvalue weighted by atomic mass is 9.96. The van der Waals surface area contributed by atoms with E-state index in [0.717, 1.165) is 5.56 Å². The fourth-order valence-electron chi connectivity index (χ4n) is 1.71. The number of carbonyl (C=O) groups excluding carboxylic acids is 1. The molecule has 0 heterocycles. The van der Waals surface area contributed by atoms with Crippen molar-refractivity contribution in [1.82, 2.24) is 0 Å². The molecular formula is C13H20N2O4S. The van der Waals surface area contributed by atoms with Crippen LogP contribution in [0.2, 0.25) is 0 Å². The van der Waals surface area contributed by atoms with Crippen molar-refractivity contribution in [2.45, 2.75) is 13.5 Å². The highest BCUT2D eigenvalue weighted by molar-refractivity contribution is 7.89. The van der Waals surface area contributed by atoms with Crippen LogP contribution >= 0.6 is 0 Å². The molecular weight excluding hydrogens is 280 g/mol. The number of rotatable bonds is 7. The highest BCUT2D eigenvalue weighted by Crippen LogP contribution is 2.15. The number of sulfonamides is 1. The second-order valence-electron chi connectivity index (χ2n) is 4.74. The SMILES string of the molecule is CC(CN)C(CS(N)(=O)=O)C(=O)OCc1ccccc1. The molecule has 0 aromatic heterocycles. The molecule has 0 aliphatic heterocycles. The predicted molar refractivity (Wildman–Crippen MR) is 75.9 cm³/mol. The highest BCUT2D eigenvalue weighted by Gasteiger charge is 2.29. The van der Waals surface area contributed by atoms with Crippen LogP contribution in [0.4, 0.5) is 0 Å². The Kier molecular flexibility index (Phi) is 6.12. The quantitative estimate of drug-likeness (QED) is 0.700. The molecule has 2 atom stereocenters. The van der Waals surface area contributed by atoms with Gasteiger partial charge in [0.1, 0.15) is 6.61 Å². The Hall–Kier alpha value is -1.44. The lowest BCUT2D eigenvalue weighted by Crippen LogP contribution is -2.36. The minimum absolute atomic E-state index is 0.0953. The summed E-state index contributed by atoms with van der Waals surface area (Å²) in [6.45, 7) is 1.97. The number of nitrogens with two attached hydrogens (primary N) is 2. The van der Waals surface area contributed by atoms with Gasteiger partial charge in [-0.25, -0.2) is 13.6 Å². The van der Waals surface area contributed by atoms with Gasteiger partial charge in [-0.1, -0.05) is 37.3 Å². The third kappa shape index (κ3) is 5.68. The van der Waals surface area contributed by atoms with Gasteiger partial charge in [0.25, 0.3) is 0 Å². The van der Waals surface area contributed by atoms with Gasteiger partial charge in [0, 0.05) is 0 Å². The summed E-state index contributed by atoms with van der Waals surface area (Å²) in [4.78, 5) is 12.0. The Morgan fingerprint density at radius 1 is 1.30 bits per heavy atom. The first kappa shape index (κ1) is 16.6. The molecule has 0 saturated heterocycles. The average Bonchev–Trinajstić information content (AvgIpc) is 2.41. The van der Waals surface area contributed by atoms with Crippen LogP contribution in [0.15, 0.2) is 30.3 Å². The molecule has 4 N–H and O–H groups in total. The molecule has 7 heteroatoms. The first-order chi connectivity index (χ1) is 9.33. The van der Waals surface area contributed by atoms with Crippen LogP contribution in [0.25, 0.3) is 0 Å². The smallest absolute Gasteiger partial charge is 0.310 e. The van der Waals surface area contributed by atoms with E-state index in [1.165, 1.54) is 0 Å². The number of primary sulfonamides is 1. The largest absolute Gasteiger partial charge is 0.461 e. The van der Waals surface area contributed by atoms with E-state index in [0.29, 0.717) is 0 Å². The van der Waals surface area contributed by atoms with E-state index >= 15 is 0 Å². The summed E-state index contributed by atoms with van der Waals surface area (Å²) in [5.74, 6) is -2.23. The maximum Gasteiger partial charge on any atom is 0.310 e. The van der Waals surface area contributed by atoms with Crippen molar-refractivity contribution in [1.29, 1.82) is 0 Å². The van der Waals surface area contributed by atoms with Crippen LogP contribution < -0.4 is 10.9 Å². The van der Waals surface area contributed by atoms with Crippen molar-refractivity contribution in [2.24, 2.45) is 22.7 Å². The van der Waals surface area contributed by atoms with Gasteiger partial charge in [0.15, 0.2) is 0 Å². The number of hydrogen-bond donors (Lipinski definition) is 2. The standard InChI is InChI=1S/C13H20N2O4S/c1-10(7-14)12(9-20(15,17)18)13(16)19-8-11-5-3-2-4-6-11/h2-6,10,12H,7-9,14H2,1H3,(H2,15,17,18). The van der Waals surface area contributed by atoms with Gasteiger partial charge >= 0.3 is 5.97 Å². The van der Waals surface area contributed by atoms with E-state index in [2.05, 4.69) is 0 Å². The first-order valence-electron chi connectivity index (χ1n) is 6.24. The van der Waals surface area contributed by atoms with Crippen molar-refractivity contribution in [3.05, 3.63) is 35.9 Å². The van der Waals surface area contributed by atoms with Gasteiger partial charge in [-0.15, -0.1) is 0 Å². The van der Waals surface area contributed by atoms with E-state index in [-0.39, 0.29) is 19.1 Å². The average molecular weight is 300 g/mol. The maximum atomic E-state index is 12.0. The van der Waals surface area contributed by atoms with E-state index in [9.17, 15) is 13.2 Å². The molecule has 112 valence electrons. The third-order valence-electron chi connectivity index (χ3n) is 3.00. The lowest BCUT2D eigenvalue weighted by molar-refractivity contribution is -0.150. The minimum atomic E-state index is -3.76. The number of ether oxygens (including phenoxy) is 1. The van der Waals surface area contributed by atoms with E-state index in [4.69, 9.17) is 15.6 Å². The molecule has 1 aromatic carbocycles. The molecule has 1 rings (SSSR count). The molecule has 0 fully saturated rings. The van der Waals surface area contributed by atoms with Crippen LogP contribution in [0.3, 0.4) is 0 Å². The van der Waals surface area contributed by atoms with E-state index in [1.54, 1.807) is 6.92 Å². The zero-order chi connectivity index (χ0) is 15.2. The zero-order valence-corrected chi connectivity index (χ0v) is 12.2. The molecule has 0 aliphatic carbocycles. The van der Waals surface area contributed by atoms with Crippen molar-refractivity contribution >= 4 is 16.0 Å². The Morgan fingerprint density at radius 3 is 2.40 bits per heavy atom. The van der Waals surface area contributed by atoms with Crippen molar-refractivity contribution in [3.8, 4) is 0 Å². The molecule has 6 nitrogen and oxygen atoms in total. The molecule has 2 unspecified atom stereocenters. The second-order valence-corrected chi connectivity index (χ2v) is 6.40. The van der Waals surface area contributed by atoms with Crippen molar-refractivity contribution in [3.63, 3.8) is 0 Å². The maximum absolute atomic E-state index is 12.0. The van der Waals surface area contributed by atoms with Gasteiger partial charge < -0.3 is 10.5 Å². The summed E-state index contributed by atoms with van der Waals surface area (Å²) in [6.07, 6.45) is 0. The van der Waals surface area contributed by atoms with Crippen LogP contribution in [0.1, 0.15) is 12.5 Å². The normalized spacial score (nSPS) is 14.6. The molecule has 0 radical (unpaired) electrons. The summed E-state index contributed by atoms with van der Waals surface area (Å²) < 4.78 is 27.5.